The molecule has 215 valence electrons. The molecule has 0 bridgehead atoms. The molecule has 2 aliphatic rings. The van der Waals surface area contributed by atoms with Gasteiger partial charge in [0.2, 0.25) is 9.04 Å². The number of ketones is 1. The highest BCUT2D eigenvalue weighted by Gasteiger charge is 2.49. The minimum absolute atomic E-state index is 0.0556. The van der Waals surface area contributed by atoms with Gasteiger partial charge in [-0.3, -0.25) is 4.79 Å². The Morgan fingerprint density at radius 2 is 1.77 bits per heavy atom. The van der Waals surface area contributed by atoms with Crippen molar-refractivity contribution in [1.82, 2.24) is 4.57 Å². The van der Waals surface area contributed by atoms with Crippen molar-refractivity contribution in [3.63, 3.8) is 0 Å². The number of ether oxygens (including phenoxy) is 3. The van der Waals surface area contributed by atoms with Crippen molar-refractivity contribution in [2.24, 2.45) is 12.5 Å². The van der Waals surface area contributed by atoms with Crippen LogP contribution in [0.2, 0.25) is 13.1 Å². The fraction of sp³-hybridized carbons (Fsp3) is 0.531. The molecule has 2 heterocycles. The van der Waals surface area contributed by atoms with Crippen LogP contribution in [0.25, 0.3) is 10.9 Å². The summed E-state index contributed by atoms with van der Waals surface area (Å²) in [5.41, 5.74) is 4.01. The van der Waals surface area contributed by atoms with E-state index in [0.29, 0.717) is 12.4 Å². The second-order valence-electron chi connectivity index (χ2n) is 13.4. The SMILES string of the molecule is Cn1c2c(c3ccc(Br)cc31)C(=O)c1ccc(OC[C@H]3OC(C)(C)OC3C(O[Si](C)C)C(C)(C)C)cc1C2(C)C. The van der Waals surface area contributed by atoms with Gasteiger partial charge < -0.3 is 23.2 Å². The lowest BCUT2D eigenvalue weighted by atomic mass is 9.71. The minimum Gasteiger partial charge on any atom is -0.491 e. The van der Waals surface area contributed by atoms with E-state index in [1.165, 1.54) is 0 Å². The maximum absolute atomic E-state index is 13.8. The summed E-state index contributed by atoms with van der Waals surface area (Å²) < 4.78 is 28.7. The van der Waals surface area contributed by atoms with E-state index in [9.17, 15) is 4.79 Å². The zero-order chi connectivity index (χ0) is 29.4. The van der Waals surface area contributed by atoms with Crippen LogP contribution in [0.15, 0.2) is 40.9 Å². The van der Waals surface area contributed by atoms with Crippen LogP contribution in [-0.4, -0.2) is 50.1 Å². The number of hydrogen-bond donors (Lipinski definition) is 0. The number of nitrogens with zero attached hydrogens (tertiary/aromatic N) is 1. The summed E-state index contributed by atoms with van der Waals surface area (Å²) in [5, 5.41) is 0.982. The van der Waals surface area contributed by atoms with E-state index in [0.717, 1.165) is 37.8 Å². The summed E-state index contributed by atoms with van der Waals surface area (Å²) in [4.78, 5) is 13.8. The maximum Gasteiger partial charge on any atom is 0.205 e. The molecule has 8 heteroatoms. The standard InChI is InChI=1S/C32H41BrNO5Si/c1-30(2,3)29(39-40(9)10)27-24(37-32(6,7)38-27)17-36-19-12-14-20-22(16-19)31(4,5)28-25(26(20)35)21-13-11-18(33)15-23(21)34(28)8/h11-16,24,27,29H,17H2,1-10H3/t24-,27?,29?/m1/s1. The lowest BCUT2D eigenvalue weighted by Crippen LogP contribution is -2.48. The van der Waals surface area contributed by atoms with Crippen molar-refractivity contribution in [1.29, 1.82) is 0 Å². The zero-order valence-corrected chi connectivity index (χ0v) is 27.9. The molecule has 2 unspecified atom stereocenters. The Morgan fingerprint density at radius 3 is 2.42 bits per heavy atom. The van der Waals surface area contributed by atoms with E-state index >= 15 is 0 Å². The number of hydrogen-bond acceptors (Lipinski definition) is 5. The van der Waals surface area contributed by atoms with Gasteiger partial charge in [0.05, 0.1) is 11.7 Å². The third-order valence-corrected chi connectivity index (χ3v) is 9.26. The molecule has 1 aliphatic carbocycles. The van der Waals surface area contributed by atoms with Crippen molar-refractivity contribution < 1.29 is 23.4 Å². The van der Waals surface area contributed by atoms with Gasteiger partial charge >= 0.3 is 0 Å². The molecule has 5 rings (SSSR count). The van der Waals surface area contributed by atoms with E-state index in [1.807, 2.05) is 51.2 Å². The Balaban J connectivity index is 1.46. The molecule has 3 atom stereocenters. The molecule has 6 nitrogen and oxygen atoms in total. The third kappa shape index (κ3) is 5.11. The first-order chi connectivity index (χ1) is 18.5. The summed E-state index contributed by atoms with van der Waals surface area (Å²) in [6.45, 7) is 19.4. The van der Waals surface area contributed by atoms with Crippen molar-refractivity contribution in [3.05, 3.63) is 63.3 Å². The van der Waals surface area contributed by atoms with E-state index in [4.69, 9.17) is 18.6 Å². The number of rotatable bonds is 6. The van der Waals surface area contributed by atoms with Gasteiger partial charge in [0, 0.05) is 39.1 Å². The molecule has 1 aromatic heterocycles. The molecule has 3 aromatic rings. The lowest BCUT2D eigenvalue weighted by Gasteiger charge is -2.37. The molecule has 1 aliphatic heterocycles. The molecular formula is C32H41BrNO5Si. The first-order valence-corrected chi connectivity index (χ1v) is 17.1. The van der Waals surface area contributed by atoms with Gasteiger partial charge in [-0.15, -0.1) is 0 Å². The molecule has 0 amide bonds. The first kappa shape index (κ1) is 29.5. The smallest absolute Gasteiger partial charge is 0.205 e. The highest BCUT2D eigenvalue weighted by molar-refractivity contribution is 9.10. The first-order valence-electron chi connectivity index (χ1n) is 13.9. The Kier molecular flexibility index (Phi) is 7.44. The van der Waals surface area contributed by atoms with Gasteiger partial charge in [-0.1, -0.05) is 56.6 Å². The highest BCUT2D eigenvalue weighted by atomic mass is 79.9. The second-order valence-corrected chi connectivity index (χ2v) is 16.3. The average molecular weight is 628 g/mol. The van der Waals surface area contributed by atoms with Gasteiger partial charge in [-0.25, -0.2) is 0 Å². The highest BCUT2D eigenvalue weighted by Crippen LogP contribution is 2.46. The van der Waals surface area contributed by atoms with Crippen LogP contribution in [-0.2, 0) is 26.4 Å². The van der Waals surface area contributed by atoms with E-state index in [-0.39, 0.29) is 29.5 Å². The number of carbonyl (C=O) groups excluding carboxylic acids is 1. The van der Waals surface area contributed by atoms with Gasteiger partial charge in [-0.05, 0) is 68.3 Å². The fourth-order valence-corrected chi connectivity index (χ4v) is 7.72. The summed E-state index contributed by atoms with van der Waals surface area (Å²) >= 11 is 3.59. The van der Waals surface area contributed by atoms with Crippen LogP contribution in [0.3, 0.4) is 0 Å². The zero-order valence-electron chi connectivity index (χ0n) is 25.3. The number of carbonyl (C=O) groups is 1. The molecule has 40 heavy (non-hydrogen) atoms. The van der Waals surface area contributed by atoms with Crippen molar-refractivity contribution in [2.75, 3.05) is 6.61 Å². The van der Waals surface area contributed by atoms with E-state index in [2.05, 4.69) is 74.3 Å². The lowest BCUT2D eigenvalue weighted by molar-refractivity contribution is -0.160. The largest absolute Gasteiger partial charge is 0.491 e. The fourth-order valence-electron chi connectivity index (χ4n) is 6.38. The van der Waals surface area contributed by atoms with Crippen molar-refractivity contribution in [2.45, 2.75) is 91.1 Å². The van der Waals surface area contributed by atoms with Crippen molar-refractivity contribution >= 4 is 41.7 Å². The number of aromatic nitrogens is 1. The molecule has 1 saturated heterocycles. The summed E-state index contributed by atoms with van der Waals surface area (Å²) in [7, 11) is 1.08. The maximum atomic E-state index is 13.8. The van der Waals surface area contributed by atoms with Crippen LogP contribution in [0, 0.1) is 5.41 Å². The third-order valence-electron chi connectivity index (χ3n) is 8.04. The van der Waals surface area contributed by atoms with E-state index < -0.39 is 20.2 Å². The topological polar surface area (TPSA) is 58.9 Å². The number of benzene rings is 2. The predicted molar refractivity (Wildman–Crippen MR) is 164 cm³/mol. The molecular weight excluding hydrogens is 586 g/mol. The number of aryl methyl sites for hydroxylation is 1. The Hall–Kier alpha value is -1.97. The number of halogens is 1. The molecule has 0 saturated carbocycles. The average Bonchev–Trinajstić information content (AvgIpc) is 3.32. The van der Waals surface area contributed by atoms with Crippen molar-refractivity contribution in [3.8, 4) is 5.75 Å². The van der Waals surface area contributed by atoms with Gasteiger partial charge in [-0.2, -0.15) is 0 Å². The van der Waals surface area contributed by atoms with Crippen LogP contribution in [0.4, 0.5) is 0 Å². The van der Waals surface area contributed by atoms with Crippen LogP contribution < -0.4 is 4.74 Å². The minimum atomic E-state index is -0.960. The van der Waals surface area contributed by atoms with Crippen LogP contribution >= 0.6 is 15.9 Å². The summed E-state index contributed by atoms with van der Waals surface area (Å²) in [6, 6.07) is 11.9. The summed E-state index contributed by atoms with van der Waals surface area (Å²) in [5.74, 6) is 0.0325. The Morgan fingerprint density at radius 1 is 1.07 bits per heavy atom. The predicted octanol–water partition coefficient (Wildman–Crippen LogP) is 7.39. The van der Waals surface area contributed by atoms with Crippen LogP contribution in [0.5, 0.6) is 5.75 Å². The van der Waals surface area contributed by atoms with Gasteiger partial charge in [0.15, 0.2) is 11.6 Å². The summed E-state index contributed by atoms with van der Waals surface area (Å²) in [6.07, 6.45) is -0.686. The van der Waals surface area contributed by atoms with Gasteiger partial charge in [0.25, 0.3) is 0 Å². The normalized spacial score (nSPS) is 22.4. The van der Waals surface area contributed by atoms with E-state index in [1.54, 1.807) is 0 Å². The Labute approximate surface area is 248 Å². The number of fused-ring (bicyclic) bond motifs is 4. The van der Waals surface area contributed by atoms with Gasteiger partial charge in [0.1, 0.15) is 24.6 Å². The quantitative estimate of drug-likeness (QED) is 0.267. The monoisotopic (exact) mass is 626 g/mol. The molecule has 1 fully saturated rings. The molecule has 1 radical (unpaired) electrons. The Bertz CT molecular complexity index is 1470. The molecule has 0 spiro atoms. The molecule has 0 N–H and O–H groups in total. The second kappa shape index (κ2) is 10.1. The van der Waals surface area contributed by atoms with Crippen LogP contribution in [0.1, 0.15) is 75.6 Å². The molecule has 2 aromatic carbocycles.